The Morgan fingerprint density at radius 1 is 1.29 bits per heavy atom. The molecule has 0 aromatic rings. The molecule has 3 rings (SSSR count). The van der Waals surface area contributed by atoms with E-state index in [0.717, 1.165) is 11.8 Å². The number of rotatable bonds is 6. The van der Waals surface area contributed by atoms with Gasteiger partial charge in [-0.05, 0) is 43.4 Å². The number of carboxylic acid groups (broad SMARTS) is 1. The van der Waals surface area contributed by atoms with E-state index in [1.165, 1.54) is 30.6 Å². The van der Waals surface area contributed by atoms with Crippen molar-refractivity contribution in [1.29, 1.82) is 0 Å². The second-order valence-corrected chi connectivity index (χ2v) is 6.62. The van der Waals surface area contributed by atoms with Gasteiger partial charge in [0.1, 0.15) is 6.04 Å². The molecule has 2 N–H and O–H groups in total. The van der Waals surface area contributed by atoms with Crippen LogP contribution >= 0.6 is 0 Å². The van der Waals surface area contributed by atoms with Gasteiger partial charge in [0.05, 0.1) is 6.10 Å². The van der Waals surface area contributed by atoms with Crippen LogP contribution in [0.4, 0.5) is 4.79 Å². The molecule has 6 heteroatoms. The highest BCUT2D eigenvalue weighted by atomic mass is 16.5. The highest BCUT2D eigenvalue weighted by Gasteiger charge is 2.43. The van der Waals surface area contributed by atoms with Gasteiger partial charge in [-0.15, -0.1) is 0 Å². The number of methoxy groups -OCH3 is 1. The first-order valence-corrected chi connectivity index (χ1v) is 7.90. The first kappa shape index (κ1) is 14.6. The molecule has 2 unspecified atom stereocenters. The van der Waals surface area contributed by atoms with E-state index >= 15 is 0 Å². The van der Waals surface area contributed by atoms with Gasteiger partial charge in [-0.25, -0.2) is 9.59 Å². The first-order chi connectivity index (χ1) is 10.1. The van der Waals surface area contributed by atoms with Crippen molar-refractivity contribution in [3.8, 4) is 0 Å². The predicted octanol–water partition coefficient (Wildman–Crippen LogP) is 1.31. The van der Waals surface area contributed by atoms with Crippen LogP contribution in [0.5, 0.6) is 0 Å². The number of amides is 2. The lowest BCUT2D eigenvalue weighted by atomic mass is 9.98. The van der Waals surface area contributed by atoms with Crippen molar-refractivity contribution < 1.29 is 19.4 Å². The molecule has 1 saturated heterocycles. The van der Waals surface area contributed by atoms with Crippen molar-refractivity contribution >= 4 is 12.0 Å². The highest BCUT2D eigenvalue weighted by molar-refractivity contribution is 5.83. The Labute approximate surface area is 124 Å². The molecule has 21 heavy (non-hydrogen) atoms. The van der Waals surface area contributed by atoms with Gasteiger partial charge in [0.2, 0.25) is 0 Å². The van der Waals surface area contributed by atoms with Crippen LogP contribution in [0.1, 0.15) is 32.1 Å². The third-order valence-electron chi connectivity index (χ3n) is 5.09. The minimum Gasteiger partial charge on any atom is -0.480 e. The normalized spacial score (nSPS) is 29.0. The summed E-state index contributed by atoms with van der Waals surface area (Å²) in [6, 6.07) is -1.02. The number of likely N-dealkylation sites (tertiary alicyclic amines) is 1. The van der Waals surface area contributed by atoms with E-state index in [4.69, 9.17) is 4.74 Å². The zero-order chi connectivity index (χ0) is 15.0. The number of ether oxygens (including phenoxy) is 1. The third kappa shape index (κ3) is 3.31. The van der Waals surface area contributed by atoms with Crippen LogP contribution in [0.25, 0.3) is 0 Å². The molecular weight excluding hydrogens is 272 g/mol. The van der Waals surface area contributed by atoms with E-state index in [2.05, 4.69) is 5.32 Å². The number of nitrogens with one attached hydrogen (secondary N) is 1. The molecule has 1 aliphatic heterocycles. The van der Waals surface area contributed by atoms with Crippen molar-refractivity contribution in [2.45, 2.75) is 44.2 Å². The molecular formula is C15H24N2O4. The van der Waals surface area contributed by atoms with Crippen LogP contribution in [0.15, 0.2) is 0 Å². The summed E-state index contributed by atoms with van der Waals surface area (Å²) in [5.74, 6) is 1.19. The van der Waals surface area contributed by atoms with Crippen molar-refractivity contribution in [3.05, 3.63) is 0 Å². The van der Waals surface area contributed by atoms with E-state index in [1.54, 1.807) is 7.11 Å². The molecule has 2 aliphatic carbocycles. The second kappa shape index (κ2) is 5.83. The van der Waals surface area contributed by atoms with Gasteiger partial charge in [0.25, 0.3) is 0 Å². The molecule has 0 aromatic heterocycles. The lowest BCUT2D eigenvalue weighted by molar-refractivity contribution is -0.141. The molecule has 0 aromatic carbocycles. The molecule has 6 nitrogen and oxygen atoms in total. The van der Waals surface area contributed by atoms with Gasteiger partial charge in [0.15, 0.2) is 0 Å². The van der Waals surface area contributed by atoms with Crippen LogP contribution in [0, 0.1) is 17.8 Å². The van der Waals surface area contributed by atoms with E-state index in [0.29, 0.717) is 25.4 Å². The van der Waals surface area contributed by atoms with E-state index in [-0.39, 0.29) is 12.1 Å². The Balaban J connectivity index is 1.54. The smallest absolute Gasteiger partial charge is 0.326 e. The number of hydrogen-bond donors (Lipinski definition) is 2. The van der Waals surface area contributed by atoms with Gasteiger partial charge < -0.3 is 20.1 Å². The van der Waals surface area contributed by atoms with E-state index in [9.17, 15) is 14.7 Å². The van der Waals surface area contributed by atoms with Crippen LogP contribution in [0.2, 0.25) is 0 Å². The van der Waals surface area contributed by atoms with Gasteiger partial charge in [-0.2, -0.15) is 0 Å². The molecule has 2 amide bonds. The van der Waals surface area contributed by atoms with Gasteiger partial charge in [-0.1, -0.05) is 0 Å². The fraction of sp³-hybridized carbons (Fsp3) is 0.867. The fourth-order valence-corrected chi connectivity index (χ4v) is 3.50. The maximum Gasteiger partial charge on any atom is 0.326 e. The van der Waals surface area contributed by atoms with Crippen molar-refractivity contribution in [2.75, 3.05) is 20.2 Å². The quantitative estimate of drug-likeness (QED) is 0.774. The van der Waals surface area contributed by atoms with Crippen molar-refractivity contribution in [3.63, 3.8) is 0 Å². The zero-order valence-corrected chi connectivity index (χ0v) is 12.5. The summed E-state index contributed by atoms with van der Waals surface area (Å²) in [6.07, 6.45) is 5.32. The second-order valence-electron chi connectivity index (χ2n) is 6.62. The van der Waals surface area contributed by atoms with Crippen LogP contribution in [0.3, 0.4) is 0 Å². The predicted molar refractivity (Wildman–Crippen MR) is 75.9 cm³/mol. The molecule has 0 radical (unpaired) electrons. The maximum atomic E-state index is 12.3. The number of carbonyl (C=O) groups excluding carboxylic acids is 1. The Kier molecular flexibility index (Phi) is 4.06. The maximum absolute atomic E-state index is 12.3. The Bertz CT molecular complexity index is 408. The monoisotopic (exact) mass is 296 g/mol. The average Bonchev–Trinajstić information content (AvgIpc) is 3.37. The summed E-state index contributed by atoms with van der Waals surface area (Å²) in [5.41, 5.74) is 0. The first-order valence-electron chi connectivity index (χ1n) is 7.90. The van der Waals surface area contributed by atoms with Crippen LogP contribution in [-0.4, -0.2) is 54.4 Å². The molecule has 2 atom stereocenters. The molecule has 1 heterocycles. The van der Waals surface area contributed by atoms with E-state index < -0.39 is 12.0 Å². The molecule has 2 saturated carbocycles. The minimum atomic E-state index is -0.953. The average molecular weight is 296 g/mol. The number of carboxylic acids is 1. The summed E-state index contributed by atoms with van der Waals surface area (Å²) in [5, 5.41) is 12.2. The highest BCUT2D eigenvalue weighted by Crippen LogP contribution is 2.48. The van der Waals surface area contributed by atoms with Gasteiger partial charge in [-0.3, -0.25) is 0 Å². The lowest BCUT2D eigenvalue weighted by Gasteiger charge is -2.24. The number of nitrogens with zero attached hydrogens (tertiary/aromatic N) is 1. The lowest BCUT2D eigenvalue weighted by Crippen LogP contribution is -2.47. The summed E-state index contributed by atoms with van der Waals surface area (Å²) in [4.78, 5) is 25.0. The van der Waals surface area contributed by atoms with Crippen molar-refractivity contribution in [1.82, 2.24) is 10.2 Å². The van der Waals surface area contributed by atoms with Gasteiger partial charge in [0, 0.05) is 26.6 Å². The van der Waals surface area contributed by atoms with Gasteiger partial charge >= 0.3 is 12.0 Å². The molecule has 0 bridgehead atoms. The summed E-state index contributed by atoms with van der Waals surface area (Å²) in [7, 11) is 1.56. The summed E-state index contributed by atoms with van der Waals surface area (Å²) in [6.45, 7) is 1.05. The number of aliphatic carboxylic acids is 1. The Morgan fingerprint density at radius 2 is 1.90 bits per heavy atom. The number of carbonyl (C=O) groups is 2. The zero-order valence-electron chi connectivity index (χ0n) is 12.5. The Hall–Kier alpha value is -1.30. The molecule has 118 valence electrons. The topological polar surface area (TPSA) is 78.9 Å². The molecule has 3 aliphatic rings. The van der Waals surface area contributed by atoms with Crippen LogP contribution < -0.4 is 5.32 Å². The summed E-state index contributed by atoms with van der Waals surface area (Å²) >= 11 is 0. The fourth-order valence-electron chi connectivity index (χ4n) is 3.50. The van der Waals surface area contributed by atoms with Crippen LogP contribution in [-0.2, 0) is 9.53 Å². The van der Waals surface area contributed by atoms with E-state index in [1.807, 2.05) is 0 Å². The number of urea groups is 1. The minimum absolute atomic E-state index is 0.181. The molecule has 3 fully saturated rings. The third-order valence-corrected chi connectivity index (χ3v) is 5.09. The van der Waals surface area contributed by atoms with Crippen molar-refractivity contribution in [2.24, 2.45) is 17.8 Å². The number of hydrogen-bond acceptors (Lipinski definition) is 3. The summed E-state index contributed by atoms with van der Waals surface area (Å²) < 4.78 is 5.21. The Morgan fingerprint density at radius 3 is 2.38 bits per heavy atom. The SMILES string of the molecule is COC1CC(C(=O)O)N(C(=O)NCC(C2CC2)C2CC2)C1. The molecule has 0 spiro atoms. The standard InChI is InChI=1S/C15H24N2O4/c1-21-11-6-13(14(18)19)17(8-11)15(20)16-7-12(9-2-3-9)10-4-5-10/h9-13H,2-8H2,1H3,(H,16,20)(H,18,19). The largest absolute Gasteiger partial charge is 0.480 e.